The molecule has 0 amide bonds. The van der Waals surface area contributed by atoms with Gasteiger partial charge in [0.05, 0.1) is 12.2 Å². The number of hydrogen-bond donors (Lipinski definition) is 1. The Bertz CT molecular complexity index is 385. The largest absolute Gasteiger partial charge is 0.477 e. The van der Waals surface area contributed by atoms with Crippen molar-refractivity contribution in [3.05, 3.63) is 22.9 Å². The number of aromatic nitrogens is 1. The van der Waals surface area contributed by atoms with Gasteiger partial charge in [-0.2, -0.15) is 0 Å². The Kier molecular flexibility index (Phi) is 2.43. The fraction of sp³-hybridized carbons (Fsp3) is 0.583. The number of fused-ring (bicyclic) bond motifs is 1. The smallest absolute Gasteiger partial charge is 0.219 e. The summed E-state index contributed by atoms with van der Waals surface area (Å²) in [7, 11) is 0. The zero-order valence-corrected chi connectivity index (χ0v) is 9.50. The van der Waals surface area contributed by atoms with E-state index in [9.17, 15) is 5.11 Å². The van der Waals surface area contributed by atoms with Crippen LogP contribution in [0.3, 0.4) is 0 Å². The van der Waals surface area contributed by atoms with Gasteiger partial charge in [-0.05, 0) is 31.4 Å². The number of pyridine rings is 1. The number of nitrogens with zero attached hydrogens (tertiary/aromatic N) is 1. The molecule has 2 heterocycles. The van der Waals surface area contributed by atoms with Crippen LogP contribution in [0, 0.1) is 6.92 Å². The lowest BCUT2D eigenvalue weighted by Crippen LogP contribution is -2.31. The molecule has 0 radical (unpaired) electrons. The summed E-state index contributed by atoms with van der Waals surface area (Å²) >= 11 is 0. The molecule has 3 heteroatoms. The van der Waals surface area contributed by atoms with E-state index in [0.717, 1.165) is 17.5 Å². The van der Waals surface area contributed by atoms with Crippen molar-refractivity contribution in [1.29, 1.82) is 0 Å². The molecule has 0 fully saturated rings. The van der Waals surface area contributed by atoms with Gasteiger partial charge in [-0.3, -0.25) is 0 Å². The number of aryl methyl sites for hydroxylation is 1. The molecule has 0 aromatic carbocycles. The van der Waals surface area contributed by atoms with E-state index >= 15 is 0 Å². The van der Waals surface area contributed by atoms with Gasteiger partial charge in [0, 0.05) is 18.2 Å². The Morgan fingerprint density at radius 2 is 2.33 bits per heavy atom. The molecule has 3 nitrogen and oxygen atoms in total. The third kappa shape index (κ3) is 1.61. The SMILES string of the molecule is CCc1cnc2c(c1C)C(C)(O)CCO2. The Morgan fingerprint density at radius 1 is 1.60 bits per heavy atom. The maximum Gasteiger partial charge on any atom is 0.219 e. The monoisotopic (exact) mass is 207 g/mol. The van der Waals surface area contributed by atoms with Crippen molar-refractivity contribution in [2.75, 3.05) is 6.61 Å². The summed E-state index contributed by atoms with van der Waals surface area (Å²) in [6.45, 7) is 6.50. The topological polar surface area (TPSA) is 42.4 Å². The number of ether oxygens (including phenoxy) is 1. The van der Waals surface area contributed by atoms with Crippen LogP contribution in [0.1, 0.15) is 37.0 Å². The minimum atomic E-state index is -0.796. The molecule has 1 N–H and O–H groups in total. The van der Waals surface area contributed by atoms with Crippen LogP contribution in [-0.4, -0.2) is 16.7 Å². The zero-order chi connectivity index (χ0) is 11.1. The van der Waals surface area contributed by atoms with Crippen LogP contribution in [0.4, 0.5) is 0 Å². The molecule has 82 valence electrons. The minimum Gasteiger partial charge on any atom is -0.477 e. The summed E-state index contributed by atoms with van der Waals surface area (Å²) in [5.74, 6) is 0.598. The summed E-state index contributed by atoms with van der Waals surface area (Å²) in [6, 6.07) is 0. The highest BCUT2D eigenvalue weighted by Gasteiger charge is 2.34. The predicted molar refractivity (Wildman–Crippen MR) is 58.0 cm³/mol. The van der Waals surface area contributed by atoms with E-state index in [-0.39, 0.29) is 0 Å². The molecule has 1 aromatic heterocycles. The van der Waals surface area contributed by atoms with Gasteiger partial charge in [0.2, 0.25) is 5.88 Å². The Hall–Kier alpha value is -1.09. The second-order valence-corrected chi connectivity index (χ2v) is 4.31. The Labute approximate surface area is 90.1 Å². The second kappa shape index (κ2) is 3.49. The first kappa shape index (κ1) is 10.4. The summed E-state index contributed by atoms with van der Waals surface area (Å²) in [6.07, 6.45) is 3.41. The third-order valence-electron chi connectivity index (χ3n) is 3.16. The van der Waals surface area contributed by atoms with Crippen LogP contribution in [0.25, 0.3) is 0 Å². The van der Waals surface area contributed by atoms with Crippen LogP contribution in [0.15, 0.2) is 6.20 Å². The van der Waals surface area contributed by atoms with Crippen molar-refractivity contribution < 1.29 is 9.84 Å². The molecule has 0 aliphatic carbocycles. The molecule has 0 saturated heterocycles. The lowest BCUT2D eigenvalue weighted by atomic mass is 9.87. The molecule has 2 rings (SSSR count). The Morgan fingerprint density at radius 3 is 3.00 bits per heavy atom. The van der Waals surface area contributed by atoms with Crippen LogP contribution < -0.4 is 4.74 Å². The maximum atomic E-state index is 10.3. The summed E-state index contributed by atoms with van der Waals surface area (Å²) in [5, 5.41) is 10.3. The summed E-state index contributed by atoms with van der Waals surface area (Å²) in [4.78, 5) is 4.26. The van der Waals surface area contributed by atoms with Gasteiger partial charge >= 0.3 is 0 Å². The van der Waals surface area contributed by atoms with Gasteiger partial charge in [-0.1, -0.05) is 6.92 Å². The number of hydrogen-bond acceptors (Lipinski definition) is 3. The molecule has 0 saturated carbocycles. The molecular weight excluding hydrogens is 190 g/mol. The molecule has 0 bridgehead atoms. The normalized spacial score (nSPS) is 24.5. The molecule has 1 unspecified atom stereocenters. The molecule has 1 atom stereocenters. The van der Waals surface area contributed by atoms with Crippen LogP contribution in [0.2, 0.25) is 0 Å². The van der Waals surface area contributed by atoms with Gasteiger partial charge < -0.3 is 9.84 Å². The molecule has 15 heavy (non-hydrogen) atoms. The Balaban J connectivity index is 2.62. The van der Waals surface area contributed by atoms with E-state index in [1.165, 1.54) is 5.56 Å². The molecular formula is C12H17NO2. The fourth-order valence-corrected chi connectivity index (χ4v) is 2.19. The van der Waals surface area contributed by atoms with E-state index in [1.807, 2.05) is 20.0 Å². The van der Waals surface area contributed by atoms with Gasteiger partial charge in [0.15, 0.2) is 0 Å². The van der Waals surface area contributed by atoms with E-state index in [4.69, 9.17) is 4.74 Å². The average molecular weight is 207 g/mol. The highest BCUT2D eigenvalue weighted by atomic mass is 16.5. The summed E-state index contributed by atoms with van der Waals surface area (Å²) < 4.78 is 5.47. The van der Waals surface area contributed by atoms with Crippen molar-refractivity contribution in [2.24, 2.45) is 0 Å². The van der Waals surface area contributed by atoms with Gasteiger partial charge in [0.1, 0.15) is 0 Å². The summed E-state index contributed by atoms with van der Waals surface area (Å²) in [5.41, 5.74) is 2.37. The third-order valence-corrected chi connectivity index (χ3v) is 3.16. The second-order valence-electron chi connectivity index (χ2n) is 4.31. The number of aliphatic hydroxyl groups is 1. The predicted octanol–water partition coefficient (Wildman–Crippen LogP) is 1.94. The van der Waals surface area contributed by atoms with Crippen molar-refractivity contribution in [3.8, 4) is 5.88 Å². The highest BCUT2D eigenvalue weighted by Crippen LogP contribution is 2.38. The van der Waals surface area contributed by atoms with E-state index < -0.39 is 5.60 Å². The average Bonchev–Trinajstić information content (AvgIpc) is 2.17. The van der Waals surface area contributed by atoms with Crippen molar-refractivity contribution in [1.82, 2.24) is 4.98 Å². The lowest BCUT2D eigenvalue weighted by Gasteiger charge is -2.32. The lowest BCUT2D eigenvalue weighted by molar-refractivity contribution is 0.0119. The van der Waals surface area contributed by atoms with Gasteiger partial charge in [-0.15, -0.1) is 0 Å². The quantitative estimate of drug-likeness (QED) is 0.765. The fourth-order valence-electron chi connectivity index (χ4n) is 2.19. The van der Waals surface area contributed by atoms with Crippen molar-refractivity contribution in [2.45, 2.75) is 39.2 Å². The molecule has 1 aromatic rings. The zero-order valence-electron chi connectivity index (χ0n) is 9.50. The van der Waals surface area contributed by atoms with Crippen LogP contribution in [-0.2, 0) is 12.0 Å². The first-order valence-electron chi connectivity index (χ1n) is 5.40. The first-order chi connectivity index (χ1) is 7.06. The minimum absolute atomic E-state index is 0.540. The number of rotatable bonds is 1. The molecule has 1 aliphatic rings. The van der Waals surface area contributed by atoms with E-state index in [0.29, 0.717) is 18.9 Å². The van der Waals surface area contributed by atoms with Crippen molar-refractivity contribution >= 4 is 0 Å². The standard InChI is InChI=1S/C12H17NO2/c1-4-9-7-13-11-10(8(9)2)12(3,14)5-6-15-11/h7,14H,4-6H2,1-3H3. The maximum absolute atomic E-state index is 10.3. The van der Waals surface area contributed by atoms with Crippen LogP contribution in [0.5, 0.6) is 5.88 Å². The van der Waals surface area contributed by atoms with Crippen LogP contribution >= 0.6 is 0 Å². The molecule has 1 aliphatic heterocycles. The van der Waals surface area contributed by atoms with Gasteiger partial charge in [-0.25, -0.2) is 4.98 Å². The highest BCUT2D eigenvalue weighted by molar-refractivity contribution is 5.43. The van der Waals surface area contributed by atoms with Crippen molar-refractivity contribution in [3.63, 3.8) is 0 Å². The molecule has 0 spiro atoms. The van der Waals surface area contributed by atoms with E-state index in [1.54, 1.807) is 0 Å². The first-order valence-corrected chi connectivity index (χ1v) is 5.40. The van der Waals surface area contributed by atoms with Gasteiger partial charge in [0.25, 0.3) is 0 Å². The van der Waals surface area contributed by atoms with E-state index in [2.05, 4.69) is 11.9 Å².